The molecule has 0 aliphatic heterocycles. The molecule has 2 heterocycles. The van der Waals surface area contributed by atoms with Crippen molar-refractivity contribution in [1.29, 1.82) is 0 Å². The Morgan fingerprint density at radius 2 is 1.84 bits per heavy atom. The van der Waals surface area contributed by atoms with Crippen LogP contribution in [-0.2, 0) is 10.0 Å². The van der Waals surface area contributed by atoms with Crippen molar-refractivity contribution >= 4 is 32.6 Å². The van der Waals surface area contributed by atoms with Gasteiger partial charge in [-0.3, -0.25) is 0 Å². The Hall–Kier alpha value is -4.00. The lowest BCUT2D eigenvalue weighted by molar-refractivity contribution is 0.419. The normalized spacial score (nSPS) is 10.9. The average Bonchev–Trinajstić information content (AvgIpc) is 2.77. The number of nitrogens with two attached hydrogens (primary N) is 1. The summed E-state index contributed by atoms with van der Waals surface area (Å²) in [5.41, 5.74) is 2.65. The van der Waals surface area contributed by atoms with E-state index in [9.17, 15) is 8.42 Å². The van der Waals surface area contributed by atoms with Crippen molar-refractivity contribution in [3.05, 3.63) is 78.2 Å². The lowest BCUT2D eigenvalue weighted by Crippen LogP contribution is -2.11. The van der Waals surface area contributed by atoms with Crippen LogP contribution in [0.2, 0.25) is 0 Å². The van der Waals surface area contributed by atoms with Gasteiger partial charge in [0, 0.05) is 29.0 Å². The molecule has 0 saturated carbocycles. The third-order valence-electron chi connectivity index (χ3n) is 4.31. The van der Waals surface area contributed by atoms with E-state index in [2.05, 4.69) is 32.1 Å². The average molecular weight is 431 g/mol. The fourth-order valence-electron chi connectivity index (χ4n) is 2.83. The van der Waals surface area contributed by atoms with Crippen LogP contribution < -0.4 is 15.2 Å². The minimum atomic E-state index is -3.75. The quantitative estimate of drug-likeness (QED) is 0.477. The minimum Gasteiger partial charge on any atom is -0.494 e. The highest BCUT2D eigenvalue weighted by Crippen LogP contribution is 2.27. The first-order valence-corrected chi connectivity index (χ1v) is 10.6. The predicted octanol–water partition coefficient (Wildman–Crippen LogP) is 2.82. The second kappa shape index (κ2) is 8.39. The number of rotatable bonds is 4. The number of nitrogens with zero attached hydrogens (tertiary/aromatic N) is 3. The number of nitrogens with one attached hydrogen (secondary N) is 1. The molecule has 2 aromatic heterocycles. The topological polar surface area (TPSA) is 120 Å². The van der Waals surface area contributed by atoms with Gasteiger partial charge in [-0.25, -0.2) is 28.5 Å². The van der Waals surface area contributed by atoms with Crippen LogP contribution in [0.25, 0.3) is 10.9 Å². The molecule has 0 saturated heterocycles. The third kappa shape index (κ3) is 4.78. The highest BCUT2D eigenvalue weighted by Gasteiger charge is 2.10. The summed E-state index contributed by atoms with van der Waals surface area (Å²) in [5.74, 6) is 6.98. The van der Waals surface area contributed by atoms with Crippen molar-refractivity contribution in [3.8, 4) is 17.6 Å². The number of benzene rings is 2. The molecule has 0 radical (unpaired) electrons. The Kier molecular flexibility index (Phi) is 5.49. The monoisotopic (exact) mass is 431 g/mol. The molecular formula is C22H17N5O3S. The van der Waals surface area contributed by atoms with Crippen molar-refractivity contribution < 1.29 is 13.2 Å². The van der Waals surface area contributed by atoms with E-state index in [4.69, 9.17) is 9.88 Å². The van der Waals surface area contributed by atoms with Gasteiger partial charge in [0.15, 0.2) is 0 Å². The third-order valence-corrected chi connectivity index (χ3v) is 5.24. The van der Waals surface area contributed by atoms with Crippen molar-refractivity contribution in [3.63, 3.8) is 0 Å². The van der Waals surface area contributed by atoms with Crippen LogP contribution in [0.1, 0.15) is 11.3 Å². The van der Waals surface area contributed by atoms with Gasteiger partial charge in [-0.1, -0.05) is 12.0 Å². The van der Waals surface area contributed by atoms with Crippen molar-refractivity contribution in [2.75, 3.05) is 12.4 Å². The van der Waals surface area contributed by atoms with E-state index in [-0.39, 0.29) is 4.90 Å². The van der Waals surface area contributed by atoms with Gasteiger partial charge in [0.05, 0.1) is 12.0 Å². The standard InChI is InChI=1S/C22H17N5O3S/c1-30-20-13-15(5-6-17-4-2-3-11-24-17)12-16-14-25-22(27-21(16)20)26-18-7-9-19(10-8-18)31(23,28)29/h2-4,7-14H,1H3,(H2,23,28,29)(H,25,26,27). The number of fused-ring (bicyclic) bond motifs is 1. The Balaban J connectivity index is 1.64. The largest absolute Gasteiger partial charge is 0.494 e. The van der Waals surface area contributed by atoms with Gasteiger partial charge in [0.1, 0.15) is 17.0 Å². The van der Waals surface area contributed by atoms with Crippen molar-refractivity contribution in [1.82, 2.24) is 15.0 Å². The van der Waals surface area contributed by atoms with Crippen LogP contribution in [0, 0.1) is 11.8 Å². The van der Waals surface area contributed by atoms with E-state index in [1.807, 2.05) is 24.3 Å². The fraction of sp³-hybridized carbons (Fsp3) is 0.0455. The molecule has 154 valence electrons. The van der Waals surface area contributed by atoms with Gasteiger partial charge in [-0.15, -0.1) is 0 Å². The minimum absolute atomic E-state index is 0.0264. The fourth-order valence-corrected chi connectivity index (χ4v) is 3.35. The van der Waals surface area contributed by atoms with Gasteiger partial charge in [-0.05, 0) is 54.5 Å². The van der Waals surface area contributed by atoms with Crippen LogP contribution in [0.3, 0.4) is 0 Å². The van der Waals surface area contributed by atoms with Gasteiger partial charge in [0.2, 0.25) is 16.0 Å². The van der Waals surface area contributed by atoms with Gasteiger partial charge < -0.3 is 10.1 Å². The molecule has 3 N–H and O–H groups in total. The summed E-state index contributed by atoms with van der Waals surface area (Å²) >= 11 is 0. The Bertz CT molecular complexity index is 1410. The SMILES string of the molecule is COc1cc(C#Cc2ccccn2)cc2cnc(Nc3ccc(S(N)(=O)=O)cc3)nc12. The zero-order valence-electron chi connectivity index (χ0n) is 16.4. The Morgan fingerprint density at radius 1 is 1.03 bits per heavy atom. The van der Waals surface area contributed by atoms with Gasteiger partial charge in [-0.2, -0.15) is 0 Å². The summed E-state index contributed by atoms with van der Waals surface area (Å²) in [6.45, 7) is 0. The smallest absolute Gasteiger partial charge is 0.238 e. The second-order valence-corrected chi connectivity index (χ2v) is 8.03. The van der Waals surface area contributed by atoms with Gasteiger partial charge in [0.25, 0.3) is 0 Å². The van der Waals surface area contributed by atoms with Crippen LogP contribution in [0.4, 0.5) is 11.6 Å². The lowest BCUT2D eigenvalue weighted by Gasteiger charge is -2.09. The Labute approximate surface area is 179 Å². The molecule has 0 atom stereocenters. The summed E-state index contributed by atoms with van der Waals surface area (Å²) < 4.78 is 28.3. The van der Waals surface area contributed by atoms with E-state index in [0.717, 1.165) is 10.9 Å². The number of anilines is 2. The maximum atomic E-state index is 11.4. The van der Waals surface area contributed by atoms with E-state index >= 15 is 0 Å². The molecule has 4 aromatic rings. The van der Waals surface area contributed by atoms with E-state index < -0.39 is 10.0 Å². The number of sulfonamides is 1. The molecule has 0 bridgehead atoms. The zero-order chi connectivity index (χ0) is 21.8. The number of pyridine rings is 1. The molecule has 0 aliphatic rings. The molecule has 4 rings (SSSR count). The van der Waals surface area contributed by atoms with Gasteiger partial charge >= 0.3 is 0 Å². The molecule has 31 heavy (non-hydrogen) atoms. The molecular weight excluding hydrogens is 414 g/mol. The number of hydrogen-bond acceptors (Lipinski definition) is 7. The summed E-state index contributed by atoms with van der Waals surface area (Å²) in [4.78, 5) is 13.1. The lowest BCUT2D eigenvalue weighted by atomic mass is 10.1. The molecule has 9 heteroatoms. The van der Waals surface area contributed by atoms with Crippen LogP contribution in [-0.4, -0.2) is 30.5 Å². The van der Waals surface area contributed by atoms with Crippen molar-refractivity contribution in [2.45, 2.75) is 4.90 Å². The zero-order valence-corrected chi connectivity index (χ0v) is 17.2. The van der Waals surface area contributed by atoms with E-state index in [0.29, 0.717) is 28.6 Å². The molecule has 2 aromatic carbocycles. The number of methoxy groups -OCH3 is 1. The van der Waals surface area contributed by atoms with Crippen molar-refractivity contribution in [2.24, 2.45) is 5.14 Å². The highest BCUT2D eigenvalue weighted by atomic mass is 32.2. The first kappa shape index (κ1) is 20.3. The summed E-state index contributed by atoms with van der Waals surface area (Å²) in [6, 6.07) is 15.2. The summed E-state index contributed by atoms with van der Waals surface area (Å²) in [5, 5.41) is 8.92. The summed E-state index contributed by atoms with van der Waals surface area (Å²) in [7, 11) is -2.19. The number of ether oxygens (including phenoxy) is 1. The molecule has 0 spiro atoms. The predicted molar refractivity (Wildman–Crippen MR) is 117 cm³/mol. The maximum Gasteiger partial charge on any atom is 0.238 e. The molecule has 0 aliphatic carbocycles. The number of aromatic nitrogens is 3. The summed E-state index contributed by atoms with van der Waals surface area (Å²) in [6.07, 6.45) is 3.35. The molecule has 0 fully saturated rings. The first-order valence-electron chi connectivity index (χ1n) is 9.10. The van der Waals surface area contributed by atoms with Crippen LogP contribution >= 0.6 is 0 Å². The molecule has 0 amide bonds. The molecule has 8 nitrogen and oxygen atoms in total. The highest BCUT2D eigenvalue weighted by molar-refractivity contribution is 7.89. The second-order valence-electron chi connectivity index (χ2n) is 6.47. The number of primary sulfonamides is 1. The molecule has 0 unspecified atom stereocenters. The first-order chi connectivity index (χ1) is 14.9. The Morgan fingerprint density at radius 3 is 2.52 bits per heavy atom. The number of hydrogen-bond donors (Lipinski definition) is 2. The van der Waals surface area contributed by atoms with Crippen LogP contribution in [0.15, 0.2) is 71.9 Å². The maximum absolute atomic E-state index is 11.4. The van der Waals surface area contributed by atoms with E-state index in [1.54, 1.807) is 37.7 Å². The van der Waals surface area contributed by atoms with Crippen LogP contribution in [0.5, 0.6) is 5.75 Å². The van der Waals surface area contributed by atoms with E-state index in [1.165, 1.54) is 12.1 Å².